The molecule has 0 saturated heterocycles. The van der Waals surface area contributed by atoms with E-state index >= 15 is 0 Å². The Kier molecular flexibility index (Phi) is 6.50. The van der Waals surface area contributed by atoms with Crippen molar-refractivity contribution in [3.05, 3.63) is 64.2 Å². The van der Waals surface area contributed by atoms with Gasteiger partial charge in [0.25, 0.3) is 0 Å². The summed E-state index contributed by atoms with van der Waals surface area (Å²) in [4.78, 5) is 11.9. The van der Waals surface area contributed by atoms with Crippen LogP contribution < -0.4 is 15.4 Å². The maximum absolute atomic E-state index is 11.9. The van der Waals surface area contributed by atoms with Crippen molar-refractivity contribution in [3.8, 4) is 5.75 Å². The number of urea groups is 1. The Hall–Kier alpha value is -2.20. The Morgan fingerprint density at radius 3 is 2.42 bits per heavy atom. The van der Waals surface area contributed by atoms with Gasteiger partial charge in [0.05, 0.1) is 12.6 Å². The molecule has 2 aromatic rings. The molecule has 0 spiro atoms. The number of hydrogen-bond donors (Lipinski definition) is 2. The van der Waals surface area contributed by atoms with Gasteiger partial charge in [-0.1, -0.05) is 41.9 Å². The molecule has 0 aliphatic rings. The number of ether oxygens (including phenoxy) is 1. The summed E-state index contributed by atoms with van der Waals surface area (Å²) in [6.45, 7) is 6.66. The van der Waals surface area contributed by atoms with Gasteiger partial charge in [0.2, 0.25) is 0 Å². The van der Waals surface area contributed by atoms with E-state index in [1.165, 1.54) is 0 Å². The first kappa shape index (κ1) is 18.1. The second-order valence-corrected chi connectivity index (χ2v) is 6.13. The molecule has 2 N–H and O–H groups in total. The second-order valence-electron chi connectivity index (χ2n) is 5.75. The number of amides is 2. The predicted octanol–water partition coefficient (Wildman–Crippen LogP) is 4.40. The van der Waals surface area contributed by atoms with Crippen LogP contribution in [-0.2, 0) is 0 Å². The number of carbonyl (C=O) groups excluding carboxylic acids is 1. The lowest BCUT2D eigenvalue weighted by molar-refractivity contribution is 0.233. The van der Waals surface area contributed by atoms with Crippen LogP contribution in [0.4, 0.5) is 4.79 Å². The molecule has 0 aliphatic heterocycles. The number of halogens is 1. The van der Waals surface area contributed by atoms with Crippen LogP contribution in [-0.4, -0.2) is 19.2 Å². The zero-order valence-corrected chi connectivity index (χ0v) is 15.0. The third-order valence-corrected chi connectivity index (χ3v) is 4.31. The topological polar surface area (TPSA) is 50.4 Å². The molecule has 0 fully saturated rings. The minimum absolute atomic E-state index is 0.0475. The largest absolute Gasteiger partial charge is 0.492 e. The third kappa shape index (κ3) is 5.17. The Morgan fingerprint density at radius 1 is 1.17 bits per heavy atom. The summed E-state index contributed by atoms with van der Waals surface area (Å²) in [7, 11) is 0. The lowest BCUT2D eigenvalue weighted by Gasteiger charge is -2.15. The number of nitrogens with one attached hydrogen (secondary N) is 2. The predicted molar refractivity (Wildman–Crippen MR) is 97.8 cm³/mol. The fraction of sp³-hybridized carbons (Fsp3) is 0.316. The van der Waals surface area contributed by atoms with E-state index in [1.54, 1.807) is 0 Å². The van der Waals surface area contributed by atoms with Crippen molar-refractivity contribution in [2.45, 2.75) is 26.8 Å². The number of benzene rings is 2. The average Bonchev–Trinajstić information content (AvgIpc) is 2.57. The molecule has 0 aromatic heterocycles. The number of aryl methyl sites for hydroxylation is 2. The molecule has 2 aromatic carbocycles. The van der Waals surface area contributed by atoms with Crippen molar-refractivity contribution >= 4 is 17.6 Å². The Morgan fingerprint density at radius 2 is 1.79 bits per heavy atom. The lowest BCUT2D eigenvalue weighted by Crippen LogP contribution is -2.38. The first-order valence-electron chi connectivity index (χ1n) is 7.96. The summed E-state index contributed by atoms with van der Waals surface area (Å²) in [5, 5.41) is 6.45. The molecule has 0 aliphatic carbocycles. The number of rotatable bonds is 6. The summed E-state index contributed by atoms with van der Waals surface area (Å²) >= 11 is 6.13. The van der Waals surface area contributed by atoms with Gasteiger partial charge in [0.1, 0.15) is 12.4 Å². The van der Waals surface area contributed by atoms with Crippen LogP contribution in [0.2, 0.25) is 5.02 Å². The van der Waals surface area contributed by atoms with E-state index in [-0.39, 0.29) is 12.1 Å². The van der Waals surface area contributed by atoms with Crippen LogP contribution in [0.3, 0.4) is 0 Å². The Bertz CT molecular complexity index is 666. The molecular formula is C19H23ClN2O2. The van der Waals surface area contributed by atoms with Crippen LogP contribution in [0.15, 0.2) is 42.5 Å². The SMILES string of the molecule is Cc1cc(OCCNC(=O)NC(C)c2ccccc2)cc(C)c1Cl. The molecule has 1 unspecified atom stereocenters. The number of hydrogen-bond acceptors (Lipinski definition) is 2. The van der Waals surface area contributed by atoms with Gasteiger partial charge in [-0.2, -0.15) is 0 Å². The first-order chi connectivity index (χ1) is 11.5. The molecule has 5 heteroatoms. The summed E-state index contributed by atoms with van der Waals surface area (Å²) in [6.07, 6.45) is 0. The Labute approximate surface area is 148 Å². The normalized spacial score (nSPS) is 11.7. The highest BCUT2D eigenvalue weighted by Gasteiger charge is 2.08. The minimum atomic E-state index is -0.210. The van der Waals surface area contributed by atoms with Crippen molar-refractivity contribution in [2.75, 3.05) is 13.2 Å². The van der Waals surface area contributed by atoms with E-state index in [4.69, 9.17) is 16.3 Å². The maximum Gasteiger partial charge on any atom is 0.315 e. The van der Waals surface area contributed by atoms with E-state index < -0.39 is 0 Å². The van der Waals surface area contributed by atoms with E-state index in [2.05, 4.69) is 10.6 Å². The van der Waals surface area contributed by atoms with Gasteiger partial charge >= 0.3 is 6.03 Å². The molecule has 0 heterocycles. The molecular weight excluding hydrogens is 324 g/mol. The van der Waals surface area contributed by atoms with Crippen LogP contribution in [0.1, 0.15) is 29.7 Å². The molecule has 0 bridgehead atoms. The van der Waals surface area contributed by atoms with Gasteiger partial charge < -0.3 is 15.4 Å². The molecule has 2 rings (SSSR count). The van der Waals surface area contributed by atoms with Gasteiger partial charge in [-0.25, -0.2) is 4.79 Å². The van der Waals surface area contributed by atoms with Gasteiger partial charge in [-0.05, 0) is 49.6 Å². The zero-order valence-electron chi connectivity index (χ0n) is 14.2. The van der Waals surface area contributed by atoms with E-state index in [1.807, 2.05) is 63.2 Å². The molecule has 128 valence electrons. The number of carbonyl (C=O) groups is 1. The molecule has 24 heavy (non-hydrogen) atoms. The quantitative estimate of drug-likeness (QED) is 0.762. The summed E-state index contributed by atoms with van der Waals surface area (Å²) in [5.41, 5.74) is 3.03. The van der Waals surface area contributed by atoms with Crippen LogP contribution in [0.25, 0.3) is 0 Å². The molecule has 1 atom stereocenters. The molecule has 4 nitrogen and oxygen atoms in total. The maximum atomic E-state index is 11.9. The summed E-state index contributed by atoms with van der Waals surface area (Å²) in [5.74, 6) is 0.759. The van der Waals surface area contributed by atoms with Crippen molar-refractivity contribution in [1.29, 1.82) is 0 Å². The molecule has 0 radical (unpaired) electrons. The van der Waals surface area contributed by atoms with Crippen LogP contribution in [0.5, 0.6) is 5.75 Å². The third-order valence-electron chi connectivity index (χ3n) is 3.71. The van der Waals surface area contributed by atoms with Crippen molar-refractivity contribution in [1.82, 2.24) is 10.6 Å². The fourth-order valence-corrected chi connectivity index (χ4v) is 2.50. The Balaban J connectivity index is 1.73. The second kappa shape index (κ2) is 8.60. The summed E-state index contributed by atoms with van der Waals surface area (Å²) in [6, 6.07) is 13.4. The van der Waals surface area contributed by atoms with Gasteiger partial charge in [-0.3, -0.25) is 0 Å². The van der Waals surface area contributed by atoms with E-state index in [0.29, 0.717) is 13.2 Å². The standard InChI is InChI=1S/C19H23ClN2O2/c1-13-11-17(12-14(2)18(13)20)24-10-9-21-19(23)22-15(3)16-7-5-4-6-8-16/h4-8,11-12,15H,9-10H2,1-3H3,(H2,21,22,23). The van der Waals surface area contributed by atoms with Crippen molar-refractivity contribution in [2.24, 2.45) is 0 Å². The summed E-state index contributed by atoms with van der Waals surface area (Å²) < 4.78 is 5.66. The smallest absolute Gasteiger partial charge is 0.315 e. The lowest BCUT2D eigenvalue weighted by atomic mass is 10.1. The highest BCUT2D eigenvalue weighted by Crippen LogP contribution is 2.25. The van der Waals surface area contributed by atoms with E-state index in [9.17, 15) is 4.79 Å². The van der Waals surface area contributed by atoms with E-state index in [0.717, 1.165) is 27.5 Å². The fourth-order valence-electron chi connectivity index (χ4n) is 2.40. The highest BCUT2D eigenvalue weighted by molar-refractivity contribution is 6.32. The van der Waals surface area contributed by atoms with Gasteiger partial charge in [0.15, 0.2) is 0 Å². The van der Waals surface area contributed by atoms with Crippen molar-refractivity contribution in [3.63, 3.8) is 0 Å². The average molecular weight is 347 g/mol. The highest BCUT2D eigenvalue weighted by atomic mass is 35.5. The van der Waals surface area contributed by atoms with Crippen LogP contribution >= 0.6 is 11.6 Å². The monoisotopic (exact) mass is 346 g/mol. The van der Waals surface area contributed by atoms with Crippen LogP contribution in [0, 0.1) is 13.8 Å². The first-order valence-corrected chi connectivity index (χ1v) is 8.34. The molecule has 2 amide bonds. The van der Waals surface area contributed by atoms with Crippen molar-refractivity contribution < 1.29 is 9.53 Å². The minimum Gasteiger partial charge on any atom is -0.492 e. The zero-order chi connectivity index (χ0) is 17.5. The van der Waals surface area contributed by atoms with Gasteiger partial charge in [-0.15, -0.1) is 0 Å². The molecule has 0 saturated carbocycles. The van der Waals surface area contributed by atoms with Gasteiger partial charge in [0, 0.05) is 5.02 Å².